The number of anilines is 1. The minimum absolute atomic E-state index is 0.475. The Bertz CT molecular complexity index is 453. The van der Waals surface area contributed by atoms with Gasteiger partial charge in [0.1, 0.15) is 10.3 Å². The quantitative estimate of drug-likeness (QED) is 0.626. The highest BCUT2D eigenvalue weighted by Crippen LogP contribution is 2.25. The van der Waals surface area contributed by atoms with Gasteiger partial charge in [0.2, 0.25) is 0 Å². The standard InChI is InChI=1S/C7H7BrN4S/c1-13-7-11-5(9)4(8)6-10-2-3-12(6)7/h2-3H,9H2,1H3. The summed E-state index contributed by atoms with van der Waals surface area (Å²) in [6, 6.07) is 0. The van der Waals surface area contributed by atoms with Crippen LogP contribution in [0.25, 0.3) is 5.65 Å². The van der Waals surface area contributed by atoms with Crippen LogP contribution in [0.2, 0.25) is 0 Å². The third kappa shape index (κ3) is 1.30. The second-order valence-corrected chi connectivity index (χ2v) is 3.98. The fourth-order valence-electron chi connectivity index (χ4n) is 1.08. The number of nitrogens with zero attached hydrogens (tertiary/aromatic N) is 3. The number of hydrogen-bond donors (Lipinski definition) is 1. The van der Waals surface area contributed by atoms with Crippen molar-refractivity contribution in [2.75, 3.05) is 12.0 Å². The predicted molar refractivity (Wildman–Crippen MR) is 56.9 cm³/mol. The van der Waals surface area contributed by atoms with Gasteiger partial charge in [-0.05, 0) is 22.2 Å². The maximum absolute atomic E-state index is 5.70. The summed E-state index contributed by atoms with van der Waals surface area (Å²) < 4.78 is 2.64. The highest BCUT2D eigenvalue weighted by atomic mass is 79.9. The molecule has 2 rings (SSSR count). The van der Waals surface area contributed by atoms with Gasteiger partial charge in [0.25, 0.3) is 0 Å². The van der Waals surface area contributed by atoms with Crippen LogP contribution in [0.3, 0.4) is 0 Å². The summed E-state index contributed by atoms with van der Waals surface area (Å²) in [7, 11) is 0. The Balaban J connectivity index is 2.87. The van der Waals surface area contributed by atoms with E-state index < -0.39 is 0 Å². The van der Waals surface area contributed by atoms with E-state index in [-0.39, 0.29) is 0 Å². The Morgan fingerprint density at radius 2 is 2.38 bits per heavy atom. The Hall–Kier alpha value is -0.750. The van der Waals surface area contributed by atoms with Gasteiger partial charge in [0.05, 0.1) is 0 Å². The van der Waals surface area contributed by atoms with Gasteiger partial charge in [-0.1, -0.05) is 11.8 Å². The van der Waals surface area contributed by atoms with Crippen LogP contribution in [-0.2, 0) is 0 Å². The molecule has 0 spiro atoms. The number of aromatic nitrogens is 3. The molecule has 6 heteroatoms. The highest BCUT2D eigenvalue weighted by Gasteiger charge is 2.09. The van der Waals surface area contributed by atoms with Crippen molar-refractivity contribution in [2.24, 2.45) is 0 Å². The summed E-state index contributed by atoms with van der Waals surface area (Å²) in [4.78, 5) is 8.38. The molecule has 68 valence electrons. The van der Waals surface area contributed by atoms with Crippen LogP contribution in [0.1, 0.15) is 0 Å². The zero-order valence-corrected chi connectivity index (χ0v) is 9.26. The van der Waals surface area contributed by atoms with E-state index in [0.29, 0.717) is 5.82 Å². The summed E-state index contributed by atoms with van der Waals surface area (Å²) in [6.07, 6.45) is 5.54. The van der Waals surface area contributed by atoms with E-state index in [2.05, 4.69) is 25.9 Å². The molecule has 0 bridgehead atoms. The van der Waals surface area contributed by atoms with Crippen LogP contribution < -0.4 is 5.73 Å². The summed E-state index contributed by atoms with van der Waals surface area (Å²) in [6.45, 7) is 0. The molecule has 0 aliphatic rings. The average Bonchev–Trinajstić information content (AvgIpc) is 2.60. The molecule has 0 saturated carbocycles. The van der Waals surface area contributed by atoms with E-state index in [1.165, 1.54) is 11.8 Å². The lowest BCUT2D eigenvalue weighted by atomic mass is 10.6. The average molecular weight is 259 g/mol. The number of halogens is 1. The van der Waals surface area contributed by atoms with E-state index in [1.807, 2.05) is 16.9 Å². The lowest BCUT2D eigenvalue weighted by Crippen LogP contribution is -2.00. The molecule has 0 saturated heterocycles. The van der Waals surface area contributed by atoms with Crippen LogP contribution >= 0.6 is 27.7 Å². The normalized spacial score (nSPS) is 10.9. The second-order valence-electron chi connectivity index (χ2n) is 2.42. The smallest absolute Gasteiger partial charge is 0.175 e. The SMILES string of the molecule is CSc1nc(N)c(Br)c2nccn12. The first kappa shape index (κ1) is 8.83. The van der Waals surface area contributed by atoms with E-state index in [1.54, 1.807) is 6.20 Å². The zero-order valence-electron chi connectivity index (χ0n) is 6.86. The Morgan fingerprint density at radius 1 is 1.62 bits per heavy atom. The highest BCUT2D eigenvalue weighted by molar-refractivity contribution is 9.10. The van der Waals surface area contributed by atoms with Crippen LogP contribution in [0.4, 0.5) is 5.82 Å². The molecule has 0 aliphatic carbocycles. The lowest BCUT2D eigenvalue weighted by Gasteiger charge is -2.04. The Morgan fingerprint density at radius 3 is 3.08 bits per heavy atom. The van der Waals surface area contributed by atoms with Crippen molar-refractivity contribution in [1.29, 1.82) is 0 Å². The fraction of sp³-hybridized carbons (Fsp3) is 0.143. The monoisotopic (exact) mass is 258 g/mol. The minimum Gasteiger partial charge on any atom is -0.383 e. The maximum atomic E-state index is 5.70. The summed E-state index contributed by atoms with van der Waals surface area (Å²) in [5.41, 5.74) is 6.50. The minimum atomic E-state index is 0.475. The van der Waals surface area contributed by atoms with Crippen LogP contribution in [0.15, 0.2) is 22.0 Å². The van der Waals surface area contributed by atoms with Crippen molar-refractivity contribution in [3.05, 3.63) is 16.9 Å². The topological polar surface area (TPSA) is 56.2 Å². The van der Waals surface area contributed by atoms with Crippen molar-refractivity contribution in [3.8, 4) is 0 Å². The second kappa shape index (κ2) is 3.19. The summed E-state index contributed by atoms with van der Waals surface area (Å²) >= 11 is 4.88. The number of rotatable bonds is 1. The van der Waals surface area contributed by atoms with Crippen molar-refractivity contribution < 1.29 is 0 Å². The van der Waals surface area contributed by atoms with Gasteiger partial charge in [-0.15, -0.1) is 0 Å². The first-order chi connectivity index (χ1) is 6.24. The molecule has 4 nitrogen and oxygen atoms in total. The Labute approximate surface area is 87.7 Å². The van der Waals surface area contributed by atoms with Crippen LogP contribution in [0, 0.1) is 0 Å². The number of imidazole rings is 1. The number of thioether (sulfide) groups is 1. The van der Waals surface area contributed by atoms with Gasteiger partial charge in [0, 0.05) is 12.4 Å². The van der Waals surface area contributed by atoms with Gasteiger partial charge in [0.15, 0.2) is 10.8 Å². The van der Waals surface area contributed by atoms with Gasteiger partial charge in [-0.3, -0.25) is 4.40 Å². The third-order valence-electron chi connectivity index (χ3n) is 1.67. The van der Waals surface area contributed by atoms with Crippen LogP contribution in [0.5, 0.6) is 0 Å². The molecule has 0 amide bonds. The number of nitrogens with two attached hydrogens (primary N) is 1. The molecule has 0 unspecified atom stereocenters. The Kier molecular flexibility index (Phi) is 2.17. The van der Waals surface area contributed by atoms with Gasteiger partial charge in [-0.2, -0.15) is 0 Å². The van der Waals surface area contributed by atoms with E-state index in [0.717, 1.165) is 15.3 Å². The molecule has 0 aliphatic heterocycles. The molecular formula is C7H7BrN4S. The van der Waals surface area contributed by atoms with E-state index >= 15 is 0 Å². The fourth-order valence-corrected chi connectivity index (χ4v) is 2.00. The third-order valence-corrected chi connectivity index (χ3v) is 3.08. The molecule has 2 heterocycles. The largest absolute Gasteiger partial charge is 0.383 e. The van der Waals surface area contributed by atoms with Crippen molar-refractivity contribution >= 4 is 39.2 Å². The molecule has 2 N–H and O–H groups in total. The van der Waals surface area contributed by atoms with Crippen LogP contribution in [-0.4, -0.2) is 20.6 Å². The summed E-state index contributed by atoms with van der Waals surface area (Å²) in [5.74, 6) is 0.475. The molecule has 2 aromatic heterocycles. The molecular weight excluding hydrogens is 252 g/mol. The molecule has 0 fully saturated rings. The predicted octanol–water partition coefficient (Wildman–Crippen LogP) is 1.80. The lowest BCUT2D eigenvalue weighted by molar-refractivity contribution is 0.907. The number of fused-ring (bicyclic) bond motifs is 1. The molecule has 2 aromatic rings. The molecule has 13 heavy (non-hydrogen) atoms. The van der Waals surface area contributed by atoms with E-state index in [4.69, 9.17) is 5.73 Å². The van der Waals surface area contributed by atoms with Gasteiger partial charge >= 0.3 is 0 Å². The van der Waals surface area contributed by atoms with Crippen molar-refractivity contribution in [1.82, 2.24) is 14.4 Å². The molecule has 0 radical (unpaired) electrons. The van der Waals surface area contributed by atoms with E-state index in [9.17, 15) is 0 Å². The maximum Gasteiger partial charge on any atom is 0.175 e. The first-order valence-electron chi connectivity index (χ1n) is 3.56. The van der Waals surface area contributed by atoms with Crippen molar-refractivity contribution in [3.63, 3.8) is 0 Å². The van der Waals surface area contributed by atoms with Gasteiger partial charge in [-0.25, -0.2) is 9.97 Å². The summed E-state index contributed by atoms with van der Waals surface area (Å²) in [5, 5.41) is 0.841. The first-order valence-corrected chi connectivity index (χ1v) is 5.58. The number of nitrogen functional groups attached to an aromatic ring is 1. The zero-order chi connectivity index (χ0) is 9.42. The molecule has 0 atom stereocenters. The van der Waals surface area contributed by atoms with Gasteiger partial charge < -0.3 is 5.73 Å². The van der Waals surface area contributed by atoms with Crippen molar-refractivity contribution in [2.45, 2.75) is 5.16 Å². The molecule has 0 aromatic carbocycles. The number of hydrogen-bond acceptors (Lipinski definition) is 4.